The first-order valence-corrected chi connectivity index (χ1v) is 12.6. The minimum atomic E-state index is -3.94. The van der Waals surface area contributed by atoms with Gasteiger partial charge in [0.15, 0.2) is 6.10 Å². The summed E-state index contributed by atoms with van der Waals surface area (Å²) in [4.78, 5) is 13.0. The molecule has 1 aliphatic rings. The molecule has 3 aromatic carbocycles. The molecule has 0 saturated carbocycles. The molecule has 1 heterocycles. The number of carbonyl (C=O) groups is 1. The lowest BCUT2D eigenvalue weighted by molar-refractivity contribution is -0.127. The number of aryl methyl sites for hydroxylation is 2. The van der Waals surface area contributed by atoms with Gasteiger partial charge in [0.25, 0.3) is 15.9 Å². The summed E-state index contributed by atoms with van der Waals surface area (Å²) in [7, 11) is -2.43. The number of methoxy groups -OCH3 is 1. The molecule has 4 rings (SSSR count). The average Bonchev–Trinajstić information content (AvgIpc) is 2.87. The Balaban J connectivity index is 1.46. The molecule has 3 aromatic rings. The van der Waals surface area contributed by atoms with Crippen LogP contribution in [0.15, 0.2) is 71.6 Å². The highest BCUT2D eigenvalue weighted by atomic mass is 32.2. The van der Waals surface area contributed by atoms with Crippen molar-refractivity contribution in [1.82, 2.24) is 5.32 Å². The van der Waals surface area contributed by atoms with E-state index in [1.807, 2.05) is 32.0 Å². The van der Waals surface area contributed by atoms with Crippen LogP contribution in [0.5, 0.6) is 17.2 Å². The minimum Gasteiger partial charge on any atom is -0.497 e. The van der Waals surface area contributed by atoms with E-state index in [0.717, 1.165) is 16.9 Å². The lowest BCUT2D eigenvalue weighted by Crippen LogP contribution is -2.51. The lowest BCUT2D eigenvalue weighted by atomic mass is 10.1. The molecule has 35 heavy (non-hydrogen) atoms. The Hall–Kier alpha value is -3.72. The van der Waals surface area contributed by atoms with E-state index in [-0.39, 0.29) is 24.6 Å². The fourth-order valence-electron chi connectivity index (χ4n) is 3.75. The smallest absolute Gasteiger partial charge is 0.264 e. The second-order valence-electron chi connectivity index (χ2n) is 8.19. The predicted octanol–water partition coefficient (Wildman–Crippen LogP) is 3.46. The van der Waals surface area contributed by atoms with Crippen LogP contribution in [0, 0.1) is 13.8 Å². The van der Waals surface area contributed by atoms with Crippen molar-refractivity contribution in [1.29, 1.82) is 0 Å². The largest absolute Gasteiger partial charge is 0.497 e. The van der Waals surface area contributed by atoms with Gasteiger partial charge in [0.05, 0.1) is 30.8 Å². The number of hydrogen-bond acceptors (Lipinski definition) is 6. The van der Waals surface area contributed by atoms with Gasteiger partial charge in [-0.05, 0) is 67.4 Å². The maximum Gasteiger partial charge on any atom is 0.264 e. The van der Waals surface area contributed by atoms with Crippen molar-refractivity contribution in [2.45, 2.75) is 24.8 Å². The van der Waals surface area contributed by atoms with Crippen molar-refractivity contribution in [3.05, 3.63) is 77.9 Å². The van der Waals surface area contributed by atoms with Crippen molar-refractivity contribution < 1.29 is 27.4 Å². The van der Waals surface area contributed by atoms with Crippen LogP contribution < -0.4 is 23.8 Å². The Kier molecular flexibility index (Phi) is 7.16. The van der Waals surface area contributed by atoms with Gasteiger partial charge in [0.1, 0.15) is 23.9 Å². The van der Waals surface area contributed by atoms with Crippen molar-refractivity contribution in [2.75, 3.05) is 31.1 Å². The van der Waals surface area contributed by atoms with Crippen LogP contribution in [0.4, 0.5) is 5.69 Å². The van der Waals surface area contributed by atoms with Gasteiger partial charge in [0, 0.05) is 0 Å². The van der Waals surface area contributed by atoms with Gasteiger partial charge in [-0.2, -0.15) is 0 Å². The van der Waals surface area contributed by atoms with E-state index in [9.17, 15) is 13.2 Å². The zero-order chi connectivity index (χ0) is 25.0. The van der Waals surface area contributed by atoms with Crippen LogP contribution in [0.25, 0.3) is 0 Å². The van der Waals surface area contributed by atoms with Crippen LogP contribution in [0.2, 0.25) is 0 Å². The van der Waals surface area contributed by atoms with Crippen LogP contribution in [-0.4, -0.2) is 47.2 Å². The van der Waals surface area contributed by atoms with E-state index in [0.29, 0.717) is 17.2 Å². The molecule has 1 atom stereocenters. The highest BCUT2D eigenvalue weighted by Gasteiger charge is 2.37. The standard InChI is InChI=1S/C26H28N2O6S/c1-18-8-9-19(2)24(16-18)33-15-14-27-26(29)25-17-28(22-6-4-5-7-23(22)34-25)35(30,31)21-12-10-20(32-3)11-13-21/h4-13,16,25H,14-15,17H2,1-3H3,(H,27,29)/t25-/m0/s1. The number of sulfonamides is 1. The third-order valence-electron chi connectivity index (χ3n) is 5.68. The molecule has 0 aromatic heterocycles. The quantitative estimate of drug-likeness (QED) is 0.480. The number of ether oxygens (including phenoxy) is 3. The fourth-order valence-corrected chi connectivity index (χ4v) is 5.23. The van der Waals surface area contributed by atoms with E-state index >= 15 is 0 Å². The number of benzene rings is 3. The van der Waals surface area contributed by atoms with E-state index in [1.165, 1.54) is 23.5 Å². The summed E-state index contributed by atoms with van der Waals surface area (Å²) in [5.41, 5.74) is 2.47. The summed E-state index contributed by atoms with van der Waals surface area (Å²) in [6.45, 7) is 4.30. The molecule has 0 bridgehead atoms. The fraction of sp³-hybridized carbons (Fsp3) is 0.269. The first-order valence-electron chi connectivity index (χ1n) is 11.2. The molecule has 8 nitrogen and oxygen atoms in total. The highest BCUT2D eigenvalue weighted by Crippen LogP contribution is 2.37. The molecule has 1 aliphatic heterocycles. The molecule has 0 aliphatic carbocycles. The summed E-state index contributed by atoms with van der Waals surface area (Å²) in [5, 5.41) is 2.79. The van der Waals surface area contributed by atoms with Crippen LogP contribution in [-0.2, 0) is 14.8 Å². The number of rotatable bonds is 8. The summed E-state index contributed by atoms with van der Waals surface area (Å²) >= 11 is 0. The highest BCUT2D eigenvalue weighted by molar-refractivity contribution is 7.92. The number of anilines is 1. The van der Waals surface area contributed by atoms with Crippen LogP contribution in [0.3, 0.4) is 0 Å². The van der Waals surface area contributed by atoms with Crippen molar-refractivity contribution in [3.63, 3.8) is 0 Å². The zero-order valence-electron chi connectivity index (χ0n) is 19.9. The summed E-state index contributed by atoms with van der Waals surface area (Å²) in [6, 6.07) is 18.8. The topological polar surface area (TPSA) is 94.2 Å². The Labute approximate surface area is 205 Å². The summed E-state index contributed by atoms with van der Waals surface area (Å²) in [5.74, 6) is 1.21. The summed E-state index contributed by atoms with van der Waals surface area (Å²) < 4.78 is 44.9. The number of nitrogens with zero attached hydrogens (tertiary/aromatic N) is 1. The van der Waals surface area contributed by atoms with E-state index < -0.39 is 22.0 Å². The number of hydrogen-bond donors (Lipinski definition) is 1. The van der Waals surface area contributed by atoms with Crippen LogP contribution in [0.1, 0.15) is 11.1 Å². The van der Waals surface area contributed by atoms with Gasteiger partial charge in [-0.15, -0.1) is 0 Å². The van der Waals surface area contributed by atoms with Crippen molar-refractivity contribution in [2.24, 2.45) is 0 Å². The van der Waals surface area contributed by atoms with Gasteiger partial charge >= 0.3 is 0 Å². The second-order valence-corrected chi connectivity index (χ2v) is 10.1. The molecule has 184 valence electrons. The average molecular weight is 497 g/mol. The number of fused-ring (bicyclic) bond motifs is 1. The molecule has 1 N–H and O–H groups in total. The normalized spacial score (nSPS) is 15.1. The minimum absolute atomic E-state index is 0.0936. The van der Waals surface area contributed by atoms with Crippen molar-refractivity contribution in [3.8, 4) is 17.2 Å². The maximum absolute atomic E-state index is 13.5. The second kappa shape index (κ2) is 10.3. The molecule has 0 fully saturated rings. The zero-order valence-corrected chi connectivity index (χ0v) is 20.7. The third-order valence-corrected chi connectivity index (χ3v) is 7.47. The van der Waals surface area contributed by atoms with Crippen LogP contribution >= 0.6 is 0 Å². The number of nitrogens with one attached hydrogen (secondary N) is 1. The van der Waals surface area contributed by atoms with Gasteiger partial charge < -0.3 is 19.5 Å². The number of carbonyl (C=O) groups excluding carboxylic acids is 1. The molecule has 0 radical (unpaired) electrons. The molecular weight excluding hydrogens is 468 g/mol. The Morgan fingerprint density at radius 2 is 1.83 bits per heavy atom. The van der Waals surface area contributed by atoms with E-state index in [4.69, 9.17) is 14.2 Å². The Morgan fingerprint density at radius 1 is 1.09 bits per heavy atom. The molecule has 0 unspecified atom stereocenters. The number of amides is 1. The molecular formula is C26H28N2O6S. The van der Waals surface area contributed by atoms with Crippen molar-refractivity contribution >= 4 is 21.6 Å². The third kappa shape index (κ3) is 5.35. The monoisotopic (exact) mass is 496 g/mol. The summed E-state index contributed by atoms with van der Waals surface area (Å²) in [6.07, 6.45) is -1.02. The first kappa shape index (κ1) is 24.4. The first-order chi connectivity index (χ1) is 16.8. The number of para-hydroxylation sites is 2. The van der Waals surface area contributed by atoms with Gasteiger partial charge in [0.2, 0.25) is 0 Å². The SMILES string of the molecule is COc1ccc(S(=O)(=O)N2C[C@@H](C(=O)NCCOc3cc(C)ccc3C)Oc3ccccc32)cc1. The maximum atomic E-state index is 13.5. The lowest BCUT2D eigenvalue weighted by Gasteiger charge is -2.34. The van der Waals surface area contributed by atoms with E-state index in [2.05, 4.69) is 5.32 Å². The van der Waals surface area contributed by atoms with Gasteiger partial charge in [-0.1, -0.05) is 24.3 Å². The molecule has 0 saturated heterocycles. The Morgan fingerprint density at radius 3 is 2.57 bits per heavy atom. The van der Waals surface area contributed by atoms with E-state index in [1.54, 1.807) is 36.4 Å². The molecule has 9 heteroatoms. The Bertz CT molecular complexity index is 1310. The molecule has 0 spiro atoms. The van der Waals surface area contributed by atoms with Gasteiger partial charge in [-0.3, -0.25) is 9.10 Å². The van der Waals surface area contributed by atoms with Gasteiger partial charge in [-0.25, -0.2) is 8.42 Å². The molecule has 1 amide bonds. The predicted molar refractivity (Wildman–Crippen MR) is 133 cm³/mol.